The first-order valence-corrected chi connectivity index (χ1v) is 11.5. The molecular formula is C27H28Cl2O2. The SMILES string of the molecule is C[C@H](Cc1ccc(-c2cc(Cl)cc(Cl)c2)cc1)[C@H]1OC(C)(C)O[C@@H]1Cc1ccccc1. The lowest BCUT2D eigenvalue weighted by Gasteiger charge is -2.24. The van der Waals surface area contributed by atoms with Gasteiger partial charge in [-0.2, -0.15) is 0 Å². The Hall–Kier alpha value is -1.84. The molecule has 0 bridgehead atoms. The minimum atomic E-state index is -0.561. The number of benzene rings is 3. The van der Waals surface area contributed by atoms with Crippen LogP contribution in [0.3, 0.4) is 0 Å². The first-order valence-electron chi connectivity index (χ1n) is 10.7. The van der Waals surface area contributed by atoms with Crippen LogP contribution in [0.15, 0.2) is 72.8 Å². The molecular weight excluding hydrogens is 427 g/mol. The zero-order valence-corrected chi connectivity index (χ0v) is 19.7. The molecule has 1 aliphatic rings. The molecule has 1 fully saturated rings. The van der Waals surface area contributed by atoms with Gasteiger partial charge in [-0.15, -0.1) is 0 Å². The number of rotatable bonds is 6. The highest BCUT2D eigenvalue weighted by Gasteiger charge is 2.43. The predicted octanol–water partition coefficient (Wildman–Crippen LogP) is 7.60. The molecule has 3 aromatic rings. The van der Waals surface area contributed by atoms with Crippen molar-refractivity contribution in [2.75, 3.05) is 0 Å². The highest BCUT2D eigenvalue weighted by Crippen LogP contribution is 2.35. The summed E-state index contributed by atoms with van der Waals surface area (Å²) in [5.74, 6) is -0.240. The van der Waals surface area contributed by atoms with E-state index in [2.05, 4.69) is 55.5 Å². The summed E-state index contributed by atoms with van der Waals surface area (Å²) in [6.45, 7) is 6.25. The number of ether oxygens (including phenoxy) is 2. The van der Waals surface area contributed by atoms with E-state index in [1.165, 1.54) is 11.1 Å². The molecule has 1 heterocycles. The average Bonchev–Trinajstić information content (AvgIpc) is 3.03. The van der Waals surface area contributed by atoms with Gasteiger partial charge in [0.05, 0.1) is 12.2 Å². The van der Waals surface area contributed by atoms with Crippen molar-refractivity contribution in [3.63, 3.8) is 0 Å². The highest BCUT2D eigenvalue weighted by molar-refractivity contribution is 6.35. The third kappa shape index (κ3) is 5.70. The molecule has 31 heavy (non-hydrogen) atoms. The van der Waals surface area contributed by atoms with Crippen LogP contribution in [0.5, 0.6) is 0 Å². The molecule has 3 aromatic carbocycles. The Bertz CT molecular complexity index is 995. The topological polar surface area (TPSA) is 18.5 Å². The summed E-state index contributed by atoms with van der Waals surface area (Å²) < 4.78 is 12.6. The van der Waals surface area contributed by atoms with Crippen molar-refractivity contribution >= 4 is 23.2 Å². The fraction of sp³-hybridized carbons (Fsp3) is 0.333. The van der Waals surface area contributed by atoms with E-state index in [4.69, 9.17) is 32.7 Å². The molecule has 4 heteroatoms. The number of halogens is 2. The van der Waals surface area contributed by atoms with Gasteiger partial charge in [-0.1, -0.05) is 84.7 Å². The standard InChI is InChI=1S/C27H28Cl2O2/c1-18(26-25(30-27(2,3)31-26)14-19-7-5-4-6-8-19)13-20-9-11-21(12-10-20)22-15-23(28)17-24(29)16-22/h4-12,15-18,25-26H,13-14H2,1-3H3/t18-,25-,26-/m1/s1. The van der Waals surface area contributed by atoms with Crippen LogP contribution in [0.25, 0.3) is 11.1 Å². The largest absolute Gasteiger partial charge is 0.344 e. The Kier molecular flexibility index (Phi) is 6.74. The second kappa shape index (κ2) is 9.34. The first-order chi connectivity index (χ1) is 14.8. The second-order valence-corrected chi connectivity index (χ2v) is 9.74. The molecule has 0 amide bonds. The fourth-order valence-corrected chi connectivity index (χ4v) is 4.92. The normalized spacial score (nSPS) is 21.2. The van der Waals surface area contributed by atoms with Crippen molar-refractivity contribution in [2.45, 2.75) is 51.6 Å². The minimum Gasteiger partial charge on any atom is -0.344 e. The Labute approximate surface area is 195 Å². The molecule has 0 aromatic heterocycles. The van der Waals surface area contributed by atoms with Crippen molar-refractivity contribution in [2.24, 2.45) is 5.92 Å². The van der Waals surface area contributed by atoms with Gasteiger partial charge in [0.1, 0.15) is 0 Å². The lowest BCUT2D eigenvalue weighted by atomic mass is 9.90. The Morgan fingerprint density at radius 2 is 1.45 bits per heavy atom. The maximum Gasteiger partial charge on any atom is 0.163 e. The van der Waals surface area contributed by atoms with Crippen molar-refractivity contribution in [3.05, 3.63) is 94.0 Å². The van der Waals surface area contributed by atoms with Crippen molar-refractivity contribution in [1.82, 2.24) is 0 Å². The van der Waals surface area contributed by atoms with Crippen molar-refractivity contribution in [3.8, 4) is 11.1 Å². The predicted molar refractivity (Wildman–Crippen MR) is 129 cm³/mol. The molecule has 0 saturated carbocycles. The molecule has 1 aliphatic heterocycles. The van der Waals surface area contributed by atoms with Crippen LogP contribution < -0.4 is 0 Å². The molecule has 4 rings (SSSR count). The van der Waals surface area contributed by atoms with Crippen LogP contribution in [0.1, 0.15) is 31.9 Å². The van der Waals surface area contributed by atoms with Gasteiger partial charge in [0.25, 0.3) is 0 Å². The molecule has 0 spiro atoms. The first kappa shape index (κ1) is 22.4. The van der Waals surface area contributed by atoms with E-state index < -0.39 is 5.79 Å². The van der Waals surface area contributed by atoms with E-state index in [1.807, 2.05) is 32.0 Å². The van der Waals surface area contributed by atoms with Gasteiger partial charge >= 0.3 is 0 Å². The van der Waals surface area contributed by atoms with E-state index in [1.54, 1.807) is 6.07 Å². The summed E-state index contributed by atoms with van der Waals surface area (Å²) >= 11 is 12.3. The summed E-state index contributed by atoms with van der Waals surface area (Å²) in [6.07, 6.45) is 1.86. The minimum absolute atomic E-state index is 0.0419. The summed E-state index contributed by atoms with van der Waals surface area (Å²) in [6, 6.07) is 24.7. The van der Waals surface area contributed by atoms with E-state index in [-0.39, 0.29) is 12.2 Å². The van der Waals surface area contributed by atoms with E-state index in [0.717, 1.165) is 24.0 Å². The quantitative estimate of drug-likeness (QED) is 0.381. The molecule has 0 N–H and O–H groups in total. The second-order valence-electron chi connectivity index (χ2n) is 8.86. The molecule has 0 aliphatic carbocycles. The van der Waals surface area contributed by atoms with Gasteiger partial charge in [-0.05, 0) is 66.6 Å². The highest BCUT2D eigenvalue weighted by atomic mass is 35.5. The number of hydrogen-bond acceptors (Lipinski definition) is 2. The summed E-state index contributed by atoms with van der Waals surface area (Å²) in [7, 11) is 0. The maximum atomic E-state index is 6.34. The van der Waals surface area contributed by atoms with Crippen LogP contribution in [0.4, 0.5) is 0 Å². The molecule has 0 radical (unpaired) electrons. The Balaban J connectivity index is 1.46. The van der Waals surface area contributed by atoms with Crippen molar-refractivity contribution in [1.29, 1.82) is 0 Å². The summed E-state index contributed by atoms with van der Waals surface area (Å²) in [4.78, 5) is 0. The van der Waals surface area contributed by atoms with Gasteiger partial charge in [0, 0.05) is 16.5 Å². The lowest BCUT2D eigenvalue weighted by molar-refractivity contribution is -0.149. The van der Waals surface area contributed by atoms with Gasteiger partial charge in [0.15, 0.2) is 5.79 Å². The molecule has 2 nitrogen and oxygen atoms in total. The van der Waals surface area contributed by atoms with Gasteiger partial charge in [-0.3, -0.25) is 0 Å². The van der Waals surface area contributed by atoms with Crippen LogP contribution in [0, 0.1) is 5.92 Å². The van der Waals surface area contributed by atoms with E-state index in [0.29, 0.717) is 16.0 Å². The third-order valence-electron chi connectivity index (χ3n) is 5.77. The molecule has 3 atom stereocenters. The van der Waals surface area contributed by atoms with Crippen molar-refractivity contribution < 1.29 is 9.47 Å². The Morgan fingerprint density at radius 1 is 0.806 bits per heavy atom. The Morgan fingerprint density at radius 3 is 2.10 bits per heavy atom. The zero-order chi connectivity index (χ0) is 22.0. The van der Waals surface area contributed by atoms with Crippen LogP contribution in [0.2, 0.25) is 10.0 Å². The van der Waals surface area contributed by atoms with Crippen LogP contribution >= 0.6 is 23.2 Å². The van der Waals surface area contributed by atoms with E-state index in [9.17, 15) is 0 Å². The number of hydrogen-bond donors (Lipinski definition) is 0. The van der Waals surface area contributed by atoms with Crippen LogP contribution in [-0.2, 0) is 22.3 Å². The third-order valence-corrected chi connectivity index (χ3v) is 6.21. The lowest BCUT2D eigenvalue weighted by Crippen LogP contribution is -2.32. The van der Waals surface area contributed by atoms with Crippen LogP contribution in [-0.4, -0.2) is 18.0 Å². The molecule has 162 valence electrons. The van der Waals surface area contributed by atoms with Gasteiger partial charge < -0.3 is 9.47 Å². The molecule has 0 unspecified atom stereocenters. The molecule has 1 saturated heterocycles. The summed E-state index contributed by atoms with van der Waals surface area (Å²) in [5.41, 5.74) is 4.67. The average molecular weight is 455 g/mol. The van der Waals surface area contributed by atoms with Gasteiger partial charge in [-0.25, -0.2) is 0 Å². The summed E-state index contributed by atoms with van der Waals surface area (Å²) in [5, 5.41) is 1.29. The smallest absolute Gasteiger partial charge is 0.163 e. The van der Waals surface area contributed by atoms with E-state index >= 15 is 0 Å². The maximum absolute atomic E-state index is 6.34. The van der Waals surface area contributed by atoms with Gasteiger partial charge in [0.2, 0.25) is 0 Å². The zero-order valence-electron chi connectivity index (χ0n) is 18.1. The fourth-order valence-electron chi connectivity index (χ4n) is 4.39. The monoisotopic (exact) mass is 454 g/mol.